The van der Waals surface area contributed by atoms with Gasteiger partial charge >= 0.3 is 0 Å². The van der Waals surface area contributed by atoms with Crippen molar-refractivity contribution in [3.63, 3.8) is 0 Å². The molecule has 2 rings (SSSR count). The number of aryl methyl sites for hydroxylation is 4. The van der Waals surface area contributed by atoms with Crippen molar-refractivity contribution in [3.8, 4) is 0 Å². The summed E-state index contributed by atoms with van der Waals surface area (Å²) in [6.45, 7) is 13.8. The summed E-state index contributed by atoms with van der Waals surface area (Å²) < 4.78 is 0. The minimum Gasteiger partial charge on any atom is -0.251 e. The van der Waals surface area contributed by atoms with Crippen molar-refractivity contribution < 1.29 is 20.4 Å². The fourth-order valence-electron chi connectivity index (χ4n) is 9.59. The van der Waals surface area contributed by atoms with E-state index in [2.05, 4.69) is 90.1 Å². The van der Waals surface area contributed by atoms with Crippen LogP contribution in [0.2, 0.25) is 0 Å². The summed E-state index contributed by atoms with van der Waals surface area (Å²) in [5.74, 6) is 0. The predicted octanol–water partition coefficient (Wildman–Crippen LogP) is 22.2. The van der Waals surface area contributed by atoms with Crippen molar-refractivity contribution in [2.45, 2.75) is 311 Å². The van der Waals surface area contributed by atoms with Gasteiger partial charge in [-0.1, -0.05) is 252 Å². The van der Waals surface area contributed by atoms with Crippen LogP contribution < -0.4 is 0 Å². The van der Waals surface area contributed by atoms with Gasteiger partial charge in [-0.05, 0) is 130 Å². The fourth-order valence-corrected chi connectivity index (χ4v) is 9.59. The SMILES string of the molecule is CCCCCCCCCCCCCCCCCCCCCCCCCCC/C=C/C(=Nc1cc(CCCC)cc(CCCC)c1)C(CCCCC)=Nc1cc(CCCC)cc(CCCC)c1.[Pd]. The second kappa shape index (κ2) is 46.6. The van der Waals surface area contributed by atoms with Gasteiger partial charge in [0.15, 0.2) is 0 Å². The maximum atomic E-state index is 5.56. The molecule has 0 heterocycles. The molecule has 3 heteroatoms. The maximum absolute atomic E-state index is 5.56. The molecule has 0 spiro atoms. The van der Waals surface area contributed by atoms with Gasteiger partial charge in [-0.2, -0.15) is 0 Å². The zero-order chi connectivity index (χ0) is 47.4. The number of nitrogens with zero attached hydrogens (tertiary/aromatic N) is 2. The molecule has 0 saturated carbocycles. The van der Waals surface area contributed by atoms with Crippen LogP contribution in [0.3, 0.4) is 0 Å². The van der Waals surface area contributed by atoms with Gasteiger partial charge < -0.3 is 0 Å². The van der Waals surface area contributed by atoms with Crippen molar-refractivity contribution in [2.75, 3.05) is 0 Å². The van der Waals surface area contributed by atoms with E-state index in [1.54, 1.807) is 0 Å². The summed E-state index contributed by atoms with van der Waals surface area (Å²) >= 11 is 0. The maximum Gasteiger partial charge on any atom is 0.0848 e. The summed E-state index contributed by atoms with van der Waals surface area (Å²) in [5.41, 5.74) is 10.3. The Balaban J connectivity index is 0.0000224. The second-order valence-electron chi connectivity index (χ2n) is 20.6. The Morgan fingerprint density at radius 1 is 0.328 bits per heavy atom. The average molecular weight is 1010 g/mol. The summed E-state index contributed by atoms with van der Waals surface area (Å²) in [6.07, 6.45) is 60.7. The van der Waals surface area contributed by atoms with Gasteiger partial charge in [0.25, 0.3) is 0 Å². The van der Waals surface area contributed by atoms with Crippen LogP contribution in [0.5, 0.6) is 0 Å². The molecule has 0 aliphatic carbocycles. The van der Waals surface area contributed by atoms with Crippen LogP contribution in [-0.4, -0.2) is 11.4 Å². The molecule has 0 atom stereocenters. The fraction of sp³-hybridized carbons (Fsp3) is 0.750. The zero-order valence-corrected chi connectivity index (χ0v) is 47.1. The molecule has 0 radical (unpaired) electrons. The number of unbranched alkanes of at least 4 members (excludes halogenated alkanes) is 31. The quantitative estimate of drug-likeness (QED) is 0.0359. The molecule has 2 aromatic carbocycles. The normalized spacial score (nSPS) is 12.1. The molecule has 0 bridgehead atoms. The summed E-state index contributed by atoms with van der Waals surface area (Å²) in [4.78, 5) is 11.1. The van der Waals surface area contributed by atoms with Crippen molar-refractivity contribution in [1.29, 1.82) is 0 Å². The molecule has 0 aromatic heterocycles. The Morgan fingerprint density at radius 3 is 0.940 bits per heavy atom. The Kier molecular flexibility index (Phi) is 43.9. The van der Waals surface area contributed by atoms with Gasteiger partial charge in [0.2, 0.25) is 0 Å². The molecule has 0 amide bonds. The van der Waals surface area contributed by atoms with Crippen LogP contribution in [0, 0.1) is 0 Å². The first kappa shape index (κ1) is 63.2. The third kappa shape index (κ3) is 35.0. The van der Waals surface area contributed by atoms with Crippen LogP contribution in [-0.2, 0) is 46.1 Å². The Bertz CT molecular complexity index is 1450. The predicted molar refractivity (Wildman–Crippen MR) is 301 cm³/mol. The Labute approximate surface area is 432 Å². The van der Waals surface area contributed by atoms with Crippen molar-refractivity contribution in [2.24, 2.45) is 9.98 Å². The molecular weight excluding hydrogens is 903 g/mol. The molecule has 386 valence electrons. The third-order valence-electron chi connectivity index (χ3n) is 13.9. The van der Waals surface area contributed by atoms with Crippen LogP contribution in [0.25, 0.3) is 0 Å². The van der Waals surface area contributed by atoms with Gasteiger partial charge in [-0.3, -0.25) is 4.99 Å². The van der Waals surface area contributed by atoms with Gasteiger partial charge in [0, 0.05) is 20.4 Å². The van der Waals surface area contributed by atoms with E-state index in [1.807, 2.05) is 0 Å². The van der Waals surface area contributed by atoms with Gasteiger partial charge in [-0.15, -0.1) is 0 Å². The number of allylic oxidation sites excluding steroid dienone is 2. The Hall–Kier alpha value is -1.82. The van der Waals surface area contributed by atoms with E-state index in [4.69, 9.17) is 9.98 Å². The molecule has 0 aliphatic heterocycles. The first-order valence-corrected chi connectivity index (χ1v) is 29.6. The average Bonchev–Trinajstić information content (AvgIpc) is 3.32. The van der Waals surface area contributed by atoms with E-state index in [1.165, 1.54) is 247 Å². The smallest absolute Gasteiger partial charge is 0.0848 e. The second-order valence-corrected chi connectivity index (χ2v) is 20.6. The molecular formula is C64H110N2Pd. The molecule has 0 unspecified atom stereocenters. The number of benzene rings is 2. The molecule has 0 N–H and O–H groups in total. The zero-order valence-electron chi connectivity index (χ0n) is 45.5. The molecule has 0 aliphatic rings. The van der Waals surface area contributed by atoms with Crippen LogP contribution >= 0.6 is 0 Å². The third-order valence-corrected chi connectivity index (χ3v) is 13.9. The summed E-state index contributed by atoms with van der Waals surface area (Å²) in [5, 5.41) is 0. The minimum absolute atomic E-state index is 0. The first-order valence-electron chi connectivity index (χ1n) is 29.6. The summed E-state index contributed by atoms with van der Waals surface area (Å²) in [6, 6.07) is 14.4. The minimum atomic E-state index is 0. The van der Waals surface area contributed by atoms with Crippen LogP contribution in [0.15, 0.2) is 58.5 Å². The number of hydrogen-bond donors (Lipinski definition) is 0. The van der Waals surface area contributed by atoms with Crippen molar-refractivity contribution >= 4 is 22.8 Å². The van der Waals surface area contributed by atoms with E-state index in [9.17, 15) is 0 Å². The van der Waals surface area contributed by atoms with Crippen LogP contribution in [0.4, 0.5) is 11.4 Å². The van der Waals surface area contributed by atoms with E-state index in [0.717, 1.165) is 67.7 Å². The molecule has 67 heavy (non-hydrogen) atoms. The van der Waals surface area contributed by atoms with E-state index < -0.39 is 0 Å². The molecule has 0 fully saturated rings. The van der Waals surface area contributed by atoms with Gasteiger partial charge in [0.1, 0.15) is 0 Å². The standard InChI is InChI=1S/C64H110N2.Pd/c1-7-13-19-20-21-22-23-24-25-26-27-28-29-30-31-32-33-34-35-36-37-38-39-40-41-42-44-50-64(66-62-55-59(47-17-11-5)52-60(56-62)48-18-12-6)63(49-43-14-8-2)65-61-53-57(45-15-9-3)51-58(54-61)46-16-10-4;/h44,50-56H,7-43,45-49H2,1-6H3;/b50-44+,65-63?,66-64?;. The van der Waals surface area contributed by atoms with Crippen molar-refractivity contribution in [1.82, 2.24) is 0 Å². The Morgan fingerprint density at radius 2 is 0.612 bits per heavy atom. The number of aliphatic imine (C=N–C) groups is 2. The van der Waals surface area contributed by atoms with Crippen LogP contribution in [0.1, 0.15) is 308 Å². The van der Waals surface area contributed by atoms with E-state index in [-0.39, 0.29) is 20.4 Å². The first-order chi connectivity index (χ1) is 32.6. The monoisotopic (exact) mass is 1010 g/mol. The van der Waals surface area contributed by atoms with Crippen molar-refractivity contribution in [3.05, 3.63) is 70.8 Å². The summed E-state index contributed by atoms with van der Waals surface area (Å²) in [7, 11) is 0. The molecule has 0 saturated heterocycles. The number of rotatable bonds is 46. The topological polar surface area (TPSA) is 24.7 Å². The largest absolute Gasteiger partial charge is 0.251 e. The van der Waals surface area contributed by atoms with Gasteiger partial charge in [-0.25, -0.2) is 4.99 Å². The molecule has 2 nitrogen and oxygen atoms in total. The van der Waals surface area contributed by atoms with E-state index >= 15 is 0 Å². The van der Waals surface area contributed by atoms with Gasteiger partial charge in [0.05, 0.1) is 22.8 Å². The molecule has 2 aromatic rings. The van der Waals surface area contributed by atoms with E-state index in [0.29, 0.717) is 0 Å². The number of hydrogen-bond acceptors (Lipinski definition) is 2.